The molecule has 0 aliphatic rings. The quantitative estimate of drug-likeness (QED) is 0.782. The van der Waals surface area contributed by atoms with Gasteiger partial charge in [0.25, 0.3) is 5.91 Å². The van der Waals surface area contributed by atoms with E-state index < -0.39 is 0 Å². The van der Waals surface area contributed by atoms with Crippen LogP contribution in [0.25, 0.3) is 0 Å². The number of hydrogen-bond donors (Lipinski definition) is 2. The molecule has 2 aromatic rings. The SMILES string of the molecule is Cc1cccc(C(C)C)c1Nc1ncc(C(=O)NCCC(C)C)cn1. The summed E-state index contributed by atoms with van der Waals surface area (Å²) in [7, 11) is 0. The fraction of sp³-hybridized carbons (Fsp3) is 0.450. The van der Waals surface area contributed by atoms with Crippen molar-refractivity contribution >= 4 is 17.5 Å². The molecule has 134 valence electrons. The predicted molar refractivity (Wildman–Crippen MR) is 102 cm³/mol. The summed E-state index contributed by atoms with van der Waals surface area (Å²) < 4.78 is 0. The van der Waals surface area contributed by atoms with Crippen LogP contribution in [-0.4, -0.2) is 22.4 Å². The second-order valence-electron chi connectivity index (χ2n) is 7.05. The largest absolute Gasteiger partial charge is 0.352 e. The van der Waals surface area contributed by atoms with E-state index in [1.54, 1.807) is 12.4 Å². The number of para-hydroxylation sites is 1. The first-order valence-corrected chi connectivity index (χ1v) is 8.85. The third-order valence-corrected chi connectivity index (χ3v) is 4.09. The molecule has 1 aromatic heterocycles. The molecular weight excluding hydrogens is 312 g/mol. The van der Waals surface area contributed by atoms with Crippen molar-refractivity contribution in [1.29, 1.82) is 0 Å². The average Bonchev–Trinajstić information content (AvgIpc) is 2.56. The van der Waals surface area contributed by atoms with Crippen molar-refractivity contribution < 1.29 is 4.79 Å². The first kappa shape index (κ1) is 18.9. The van der Waals surface area contributed by atoms with E-state index in [1.165, 1.54) is 5.56 Å². The summed E-state index contributed by atoms with van der Waals surface area (Å²) in [6, 6.07) is 6.22. The molecule has 5 nitrogen and oxygen atoms in total. The van der Waals surface area contributed by atoms with Gasteiger partial charge in [0.1, 0.15) is 0 Å². The molecule has 0 spiro atoms. The Kier molecular flexibility index (Phi) is 6.51. The molecule has 0 bridgehead atoms. The Balaban J connectivity index is 2.07. The minimum absolute atomic E-state index is 0.133. The van der Waals surface area contributed by atoms with Crippen molar-refractivity contribution in [1.82, 2.24) is 15.3 Å². The van der Waals surface area contributed by atoms with Crippen molar-refractivity contribution in [3.05, 3.63) is 47.3 Å². The van der Waals surface area contributed by atoms with Gasteiger partial charge in [0.05, 0.1) is 5.56 Å². The number of benzene rings is 1. The second kappa shape index (κ2) is 8.60. The number of nitrogens with zero attached hydrogens (tertiary/aromatic N) is 2. The van der Waals surface area contributed by atoms with E-state index in [0.717, 1.165) is 17.7 Å². The average molecular weight is 340 g/mol. The lowest BCUT2D eigenvalue weighted by molar-refractivity contribution is 0.0951. The number of carbonyl (C=O) groups is 1. The van der Waals surface area contributed by atoms with Crippen LogP contribution in [0.3, 0.4) is 0 Å². The molecule has 25 heavy (non-hydrogen) atoms. The van der Waals surface area contributed by atoms with E-state index in [-0.39, 0.29) is 5.91 Å². The van der Waals surface area contributed by atoms with Gasteiger partial charge in [-0.1, -0.05) is 45.9 Å². The van der Waals surface area contributed by atoms with Crippen molar-refractivity contribution in [3.63, 3.8) is 0 Å². The molecule has 5 heteroatoms. The Morgan fingerprint density at radius 2 is 1.80 bits per heavy atom. The van der Waals surface area contributed by atoms with E-state index in [1.807, 2.05) is 0 Å². The van der Waals surface area contributed by atoms with E-state index >= 15 is 0 Å². The van der Waals surface area contributed by atoms with Gasteiger partial charge >= 0.3 is 0 Å². The Hall–Kier alpha value is -2.43. The highest BCUT2D eigenvalue weighted by atomic mass is 16.1. The fourth-order valence-electron chi connectivity index (χ4n) is 2.54. The zero-order valence-electron chi connectivity index (χ0n) is 15.8. The minimum atomic E-state index is -0.133. The summed E-state index contributed by atoms with van der Waals surface area (Å²) in [5.41, 5.74) is 3.87. The second-order valence-corrected chi connectivity index (χ2v) is 7.05. The number of carbonyl (C=O) groups excluding carboxylic acids is 1. The van der Waals surface area contributed by atoms with Crippen molar-refractivity contribution in [2.45, 2.75) is 47.0 Å². The topological polar surface area (TPSA) is 66.9 Å². The van der Waals surface area contributed by atoms with Crippen LogP contribution < -0.4 is 10.6 Å². The molecule has 0 atom stereocenters. The van der Waals surface area contributed by atoms with Gasteiger partial charge in [-0.05, 0) is 36.3 Å². The number of aryl methyl sites for hydroxylation is 1. The standard InChI is InChI=1S/C20H28N4O/c1-13(2)9-10-21-19(25)16-11-22-20(23-12-16)24-18-15(5)7-6-8-17(18)14(3)4/h6-8,11-14H,9-10H2,1-5H3,(H,21,25)(H,22,23,24). The van der Waals surface area contributed by atoms with Gasteiger partial charge in [-0.25, -0.2) is 9.97 Å². The highest BCUT2D eigenvalue weighted by Crippen LogP contribution is 2.29. The molecule has 0 saturated heterocycles. The molecule has 0 fully saturated rings. The van der Waals surface area contributed by atoms with Crippen LogP contribution in [0.2, 0.25) is 0 Å². The van der Waals surface area contributed by atoms with E-state index in [2.05, 4.69) is 73.4 Å². The number of anilines is 2. The lowest BCUT2D eigenvalue weighted by Crippen LogP contribution is -2.25. The fourth-order valence-corrected chi connectivity index (χ4v) is 2.54. The summed E-state index contributed by atoms with van der Waals surface area (Å²) in [4.78, 5) is 20.7. The highest BCUT2D eigenvalue weighted by molar-refractivity contribution is 5.93. The van der Waals surface area contributed by atoms with E-state index in [9.17, 15) is 4.79 Å². The molecule has 2 N–H and O–H groups in total. The number of rotatable bonds is 7. The Morgan fingerprint density at radius 1 is 1.12 bits per heavy atom. The smallest absolute Gasteiger partial charge is 0.254 e. The maximum absolute atomic E-state index is 12.1. The molecule has 0 aliphatic carbocycles. The van der Waals surface area contributed by atoms with Gasteiger partial charge in [-0.15, -0.1) is 0 Å². The third kappa shape index (κ3) is 5.28. The van der Waals surface area contributed by atoms with Crippen LogP contribution in [0.1, 0.15) is 61.5 Å². The van der Waals surface area contributed by atoms with Crippen molar-refractivity contribution in [3.8, 4) is 0 Å². The molecule has 0 saturated carbocycles. The number of amides is 1. The van der Waals surface area contributed by atoms with Crippen LogP contribution in [0.15, 0.2) is 30.6 Å². The first-order valence-electron chi connectivity index (χ1n) is 8.85. The zero-order valence-corrected chi connectivity index (χ0v) is 15.8. The third-order valence-electron chi connectivity index (χ3n) is 4.09. The minimum Gasteiger partial charge on any atom is -0.352 e. The highest BCUT2D eigenvalue weighted by Gasteiger charge is 2.11. The van der Waals surface area contributed by atoms with Crippen molar-refractivity contribution in [2.75, 3.05) is 11.9 Å². The van der Waals surface area contributed by atoms with Crippen molar-refractivity contribution in [2.24, 2.45) is 5.92 Å². The van der Waals surface area contributed by atoms with Crippen LogP contribution in [0.4, 0.5) is 11.6 Å². The Morgan fingerprint density at radius 3 is 2.40 bits per heavy atom. The van der Waals surface area contributed by atoms with Gasteiger partial charge in [-0.3, -0.25) is 4.79 Å². The summed E-state index contributed by atoms with van der Waals surface area (Å²) in [5.74, 6) is 1.32. The summed E-state index contributed by atoms with van der Waals surface area (Å²) in [6.45, 7) is 11.3. The lowest BCUT2D eigenvalue weighted by Gasteiger charge is -2.16. The van der Waals surface area contributed by atoms with Crippen LogP contribution >= 0.6 is 0 Å². The lowest BCUT2D eigenvalue weighted by atomic mass is 9.98. The van der Waals surface area contributed by atoms with E-state index in [4.69, 9.17) is 0 Å². The molecule has 0 radical (unpaired) electrons. The summed E-state index contributed by atoms with van der Waals surface area (Å²) in [5, 5.41) is 6.19. The molecule has 1 heterocycles. The van der Waals surface area contributed by atoms with E-state index in [0.29, 0.717) is 29.9 Å². The Bertz CT molecular complexity index is 708. The maximum atomic E-state index is 12.1. The first-order chi connectivity index (χ1) is 11.9. The number of nitrogens with one attached hydrogen (secondary N) is 2. The molecular formula is C20H28N4O. The normalized spacial score (nSPS) is 11.0. The van der Waals surface area contributed by atoms with Gasteiger partial charge in [0.2, 0.25) is 5.95 Å². The van der Waals surface area contributed by atoms with Crippen LogP contribution in [0.5, 0.6) is 0 Å². The van der Waals surface area contributed by atoms with Gasteiger partial charge in [0.15, 0.2) is 0 Å². The van der Waals surface area contributed by atoms with Gasteiger partial charge < -0.3 is 10.6 Å². The molecule has 1 aromatic carbocycles. The Labute approximate surface area is 150 Å². The van der Waals surface area contributed by atoms with Crippen LogP contribution in [0, 0.1) is 12.8 Å². The monoisotopic (exact) mass is 340 g/mol. The number of hydrogen-bond acceptors (Lipinski definition) is 4. The molecule has 1 amide bonds. The van der Waals surface area contributed by atoms with Gasteiger partial charge in [-0.2, -0.15) is 0 Å². The molecule has 0 aliphatic heterocycles. The zero-order chi connectivity index (χ0) is 18.4. The molecule has 2 rings (SSSR count). The summed E-state index contributed by atoms with van der Waals surface area (Å²) >= 11 is 0. The van der Waals surface area contributed by atoms with Gasteiger partial charge in [0, 0.05) is 24.6 Å². The summed E-state index contributed by atoms with van der Waals surface area (Å²) in [6.07, 6.45) is 4.08. The molecule has 0 unspecified atom stereocenters. The number of aromatic nitrogens is 2. The maximum Gasteiger partial charge on any atom is 0.254 e. The predicted octanol–water partition coefficient (Wildman–Crippen LogP) is 4.43. The van der Waals surface area contributed by atoms with Crippen LogP contribution in [-0.2, 0) is 0 Å².